The fourth-order valence-corrected chi connectivity index (χ4v) is 1.69. The van der Waals surface area contributed by atoms with Gasteiger partial charge >= 0.3 is 5.97 Å². The van der Waals surface area contributed by atoms with E-state index < -0.39 is 12.0 Å². The summed E-state index contributed by atoms with van der Waals surface area (Å²) in [6.45, 7) is 0. The summed E-state index contributed by atoms with van der Waals surface area (Å²) in [7, 11) is 0. The molecule has 0 fully saturated rings. The van der Waals surface area contributed by atoms with Crippen molar-refractivity contribution in [3.8, 4) is 0 Å². The standard InChI is InChI=1S/C11H11FN2O2/c12-14-10(11(15)16)5-7-6-13-9-4-2-1-3-8(7)9/h1-4,6,10,13-14H,5H2,(H,15,16). The van der Waals surface area contributed by atoms with Crippen LogP contribution in [0, 0.1) is 0 Å². The van der Waals surface area contributed by atoms with E-state index in [0.717, 1.165) is 16.5 Å². The molecule has 4 nitrogen and oxygen atoms in total. The first-order chi connectivity index (χ1) is 7.72. The molecule has 84 valence electrons. The molecule has 0 bridgehead atoms. The predicted octanol–water partition coefficient (Wildman–Crippen LogP) is 1.64. The molecule has 0 saturated carbocycles. The van der Waals surface area contributed by atoms with Gasteiger partial charge in [-0.15, -0.1) is 10.0 Å². The van der Waals surface area contributed by atoms with Gasteiger partial charge in [-0.25, -0.2) is 0 Å². The van der Waals surface area contributed by atoms with E-state index in [9.17, 15) is 9.28 Å². The van der Waals surface area contributed by atoms with E-state index in [2.05, 4.69) is 4.98 Å². The number of carboxylic acids is 1. The number of rotatable bonds is 4. The van der Waals surface area contributed by atoms with Gasteiger partial charge in [-0.1, -0.05) is 18.2 Å². The molecular formula is C11H11FN2O2. The maximum absolute atomic E-state index is 12.3. The zero-order valence-corrected chi connectivity index (χ0v) is 8.40. The predicted molar refractivity (Wildman–Crippen MR) is 57.7 cm³/mol. The third-order valence-corrected chi connectivity index (χ3v) is 2.53. The minimum Gasteiger partial charge on any atom is -0.480 e. The highest BCUT2D eigenvalue weighted by Gasteiger charge is 2.18. The zero-order valence-electron chi connectivity index (χ0n) is 8.40. The fraction of sp³-hybridized carbons (Fsp3) is 0.182. The molecule has 16 heavy (non-hydrogen) atoms. The van der Waals surface area contributed by atoms with Crippen LogP contribution in [0.1, 0.15) is 5.56 Å². The summed E-state index contributed by atoms with van der Waals surface area (Å²) in [6.07, 6.45) is 1.81. The number of para-hydroxylation sites is 1. The molecule has 2 rings (SSSR count). The number of benzene rings is 1. The van der Waals surface area contributed by atoms with Gasteiger partial charge in [0.2, 0.25) is 0 Å². The lowest BCUT2D eigenvalue weighted by Gasteiger charge is -2.07. The van der Waals surface area contributed by atoms with Gasteiger partial charge in [0.1, 0.15) is 6.04 Å². The minimum atomic E-state index is -1.21. The number of H-pyrrole nitrogens is 1. The highest BCUT2D eigenvalue weighted by molar-refractivity contribution is 5.84. The van der Waals surface area contributed by atoms with Crippen LogP contribution in [0.4, 0.5) is 4.48 Å². The smallest absolute Gasteiger partial charge is 0.323 e. The number of carbonyl (C=O) groups is 1. The lowest BCUT2D eigenvalue weighted by Crippen LogP contribution is -2.33. The summed E-state index contributed by atoms with van der Waals surface area (Å²) in [4.78, 5) is 13.7. The topological polar surface area (TPSA) is 65.1 Å². The van der Waals surface area contributed by atoms with Gasteiger partial charge in [-0.3, -0.25) is 4.79 Å². The molecule has 0 saturated heterocycles. The van der Waals surface area contributed by atoms with Crippen LogP contribution >= 0.6 is 0 Å². The number of fused-ring (bicyclic) bond motifs is 1. The van der Waals surface area contributed by atoms with Gasteiger partial charge in [-0.2, -0.15) is 0 Å². The zero-order chi connectivity index (χ0) is 11.5. The average Bonchev–Trinajstić information content (AvgIpc) is 2.69. The lowest BCUT2D eigenvalue weighted by molar-refractivity contribution is -0.140. The Bertz CT molecular complexity index is 509. The number of halogens is 1. The number of aliphatic carboxylic acids is 1. The molecule has 2 aromatic rings. The highest BCUT2D eigenvalue weighted by atomic mass is 19.2. The molecule has 3 N–H and O–H groups in total. The Labute approximate surface area is 91.0 Å². The second kappa shape index (κ2) is 4.32. The number of aromatic amines is 1. The summed E-state index contributed by atoms with van der Waals surface area (Å²) in [5.41, 5.74) is 2.99. The molecule has 1 unspecified atom stereocenters. The van der Waals surface area contributed by atoms with Crippen LogP contribution in [-0.4, -0.2) is 22.1 Å². The van der Waals surface area contributed by atoms with Crippen molar-refractivity contribution in [1.82, 2.24) is 10.5 Å². The van der Waals surface area contributed by atoms with Crippen molar-refractivity contribution in [2.45, 2.75) is 12.5 Å². The third-order valence-electron chi connectivity index (χ3n) is 2.53. The summed E-state index contributed by atoms with van der Waals surface area (Å²) < 4.78 is 12.3. The van der Waals surface area contributed by atoms with E-state index in [0.29, 0.717) is 0 Å². The van der Waals surface area contributed by atoms with Crippen molar-refractivity contribution in [2.75, 3.05) is 0 Å². The SMILES string of the molecule is O=C(O)C(Cc1c[nH]c2ccccc12)NF. The van der Waals surface area contributed by atoms with Crippen LogP contribution in [0.15, 0.2) is 30.5 Å². The normalized spacial score (nSPS) is 12.8. The molecule has 1 atom stereocenters. The van der Waals surface area contributed by atoms with Gasteiger partial charge in [0, 0.05) is 23.5 Å². The van der Waals surface area contributed by atoms with Crippen molar-refractivity contribution in [2.24, 2.45) is 0 Å². The Morgan fingerprint density at radius 2 is 2.25 bits per heavy atom. The Morgan fingerprint density at radius 3 is 2.94 bits per heavy atom. The summed E-state index contributed by atoms with van der Waals surface area (Å²) >= 11 is 0. The minimum absolute atomic E-state index is 0.107. The Morgan fingerprint density at radius 1 is 1.50 bits per heavy atom. The largest absolute Gasteiger partial charge is 0.480 e. The molecule has 1 aromatic heterocycles. The second-order valence-corrected chi connectivity index (χ2v) is 3.56. The van der Waals surface area contributed by atoms with Gasteiger partial charge in [0.05, 0.1) is 0 Å². The van der Waals surface area contributed by atoms with Crippen molar-refractivity contribution in [1.29, 1.82) is 0 Å². The number of hydrogen-bond donors (Lipinski definition) is 3. The monoisotopic (exact) mass is 222 g/mol. The van der Waals surface area contributed by atoms with Gasteiger partial charge < -0.3 is 10.1 Å². The Balaban J connectivity index is 2.30. The molecule has 1 heterocycles. The van der Waals surface area contributed by atoms with Crippen molar-refractivity contribution in [3.63, 3.8) is 0 Å². The van der Waals surface area contributed by atoms with E-state index >= 15 is 0 Å². The molecule has 0 radical (unpaired) electrons. The first-order valence-corrected chi connectivity index (χ1v) is 4.86. The molecular weight excluding hydrogens is 211 g/mol. The maximum Gasteiger partial charge on any atom is 0.323 e. The third kappa shape index (κ3) is 1.90. The fourth-order valence-electron chi connectivity index (χ4n) is 1.69. The molecule has 5 heteroatoms. The Hall–Kier alpha value is -1.88. The Kier molecular flexibility index (Phi) is 2.87. The van der Waals surface area contributed by atoms with Crippen LogP contribution in [0.2, 0.25) is 0 Å². The average molecular weight is 222 g/mol. The van der Waals surface area contributed by atoms with E-state index in [4.69, 9.17) is 5.11 Å². The number of carboxylic acid groups (broad SMARTS) is 1. The maximum atomic E-state index is 12.3. The van der Waals surface area contributed by atoms with Crippen LogP contribution in [0.25, 0.3) is 10.9 Å². The molecule has 0 aliphatic rings. The van der Waals surface area contributed by atoms with Gasteiger partial charge in [-0.05, 0) is 11.6 Å². The highest BCUT2D eigenvalue weighted by Crippen LogP contribution is 2.19. The first-order valence-electron chi connectivity index (χ1n) is 4.86. The van der Waals surface area contributed by atoms with Crippen LogP contribution in [0.3, 0.4) is 0 Å². The number of hydrogen-bond acceptors (Lipinski definition) is 2. The first kappa shape index (κ1) is 10.6. The van der Waals surface area contributed by atoms with E-state index in [-0.39, 0.29) is 6.42 Å². The molecule has 1 aromatic carbocycles. The number of nitrogens with one attached hydrogen (secondary N) is 2. The van der Waals surface area contributed by atoms with Gasteiger partial charge in [0.15, 0.2) is 0 Å². The summed E-state index contributed by atoms with van der Waals surface area (Å²) in [5, 5.41) is 9.65. The quantitative estimate of drug-likeness (QED) is 0.689. The van der Waals surface area contributed by atoms with Crippen molar-refractivity contribution in [3.05, 3.63) is 36.0 Å². The molecule has 0 amide bonds. The molecule has 0 aliphatic carbocycles. The summed E-state index contributed by atoms with van der Waals surface area (Å²) in [5.74, 6) is -1.20. The number of aromatic nitrogens is 1. The van der Waals surface area contributed by atoms with E-state index in [1.54, 1.807) is 6.20 Å². The molecule has 0 spiro atoms. The molecule has 0 aliphatic heterocycles. The van der Waals surface area contributed by atoms with Crippen molar-refractivity contribution < 1.29 is 14.4 Å². The second-order valence-electron chi connectivity index (χ2n) is 3.56. The van der Waals surface area contributed by atoms with Crippen LogP contribution in [0.5, 0.6) is 0 Å². The van der Waals surface area contributed by atoms with Crippen LogP contribution < -0.4 is 5.54 Å². The van der Waals surface area contributed by atoms with Gasteiger partial charge in [0.25, 0.3) is 0 Å². The summed E-state index contributed by atoms with van der Waals surface area (Å²) in [6, 6.07) is 6.29. The van der Waals surface area contributed by atoms with E-state index in [1.807, 2.05) is 24.3 Å². The van der Waals surface area contributed by atoms with Crippen molar-refractivity contribution >= 4 is 16.9 Å². The lowest BCUT2D eigenvalue weighted by atomic mass is 10.1. The van der Waals surface area contributed by atoms with E-state index in [1.165, 1.54) is 5.54 Å². The van der Waals surface area contributed by atoms with Crippen LogP contribution in [-0.2, 0) is 11.2 Å².